The van der Waals surface area contributed by atoms with Crippen LogP contribution in [-0.2, 0) is 7.05 Å². The fourth-order valence-corrected chi connectivity index (χ4v) is 4.33. The number of hydrogen-bond acceptors (Lipinski definition) is 3. The third kappa shape index (κ3) is 1.70. The maximum absolute atomic E-state index is 5.63. The van der Waals surface area contributed by atoms with Crippen LogP contribution in [0.1, 0.15) is 0 Å². The molecule has 0 unspecified atom stereocenters. The topological polar surface area (TPSA) is 22.3 Å². The van der Waals surface area contributed by atoms with Gasteiger partial charge in [-0.3, -0.25) is 0 Å². The van der Waals surface area contributed by atoms with Crippen LogP contribution < -0.4 is 14.0 Å². The van der Waals surface area contributed by atoms with Crippen molar-refractivity contribution in [2.75, 3.05) is 14.2 Å². The van der Waals surface area contributed by atoms with Gasteiger partial charge in [-0.05, 0) is 18.2 Å². The number of benzene rings is 2. The van der Waals surface area contributed by atoms with Crippen molar-refractivity contribution in [1.29, 1.82) is 0 Å². The van der Waals surface area contributed by atoms with Crippen LogP contribution in [0.25, 0.3) is 31.1 Å². The van der Waals surface area contributed by atoms with Gasteiger partial charge in [0.1, 0.15) is 11.7 Å². The second kappa shape index (κ2) is 4.85. The molecule has 2 aromatic heterocycles. The molecule has 0 fully saturated rings. The SMILES string of the molecule is COc1ccc2c3c(c[n+](C)c2c1OC)sc1ccccc13. The lowest BCUT2D eigenvalue weighted by Gasteiger charge is -2.09. The Balaban J connectivity index is 2.28. The van der Waals surface area contributed by atoms with E-state index in [1.165, 1.54) is 25.6 Å². The Labute approximate surface area is 132 Å². The Kier molecular flexibility index (Phi) is 2.94. The summed E-state index contributed by atoms with van der Waals surface area (Å²) in [6.07, 6.45) is 2.17. The van der Waals surface area contributed by atoms with Gasteiger partial charge in [0.2, 0.25) is 5.75 Å². The van der Waals surface area contributed by atoms with Crippen molar-refractivity contribution in [3.63, 3.8) is 0 Å². The summed E-state index contributed by atoms with van der Waals surface area (Å²) in [5, 5.41) is 3.77. The molecule has 0 atom stereocenters. The van der Waals surface area contributed by atoms with Crippen LogP contribution in [0.15, 0.2) is 42.6 Å². The number of aryl methyl sites for hydroxylation is 1. The minimum atomic E-state index is 0.754. The monoisotopic (exact) mass is 310 g/mol. The lowest BCUT2D eigenvalue weighted by Crippen LogP contribution is -2.28. The van der Waals surface area contributed by atoms with Gasteiger partial charge in [0.05, 0.1) is 19.6 Å². The fraction of sp³-hybridized carbons (Fsp3) is 0.167. The maximum atomic E-state index is 5.63. The van der Waals surface area contributed by atoms with E-state index in [0.29, 0.717) is 0 Å². The van der Waals surface area contributed by atoms with Gasteiger partial charge in [-0.15, -0.1) is 11.3 Å². The van der Waals surface area contributed by atoms with Gasteiger partial charge in [-0.25, -0.2) is 0 Å². The van der Waals surface area contributed by atoms with E-state index in [1.807, 2.05) is 24.5 Å². The first-order valence-corrected chi connectivity index (χ1v) is 7.91. The minimum Gasteiger partial charge on any atom is -0.493 e. The fourth-order valence-electron chi connectivity index (χ4n) is 3.14. The maximum Gasteiger partial charge on any atom is 0.259 e. The molecular formula is C18H16NO2S+. The Morgan fingerprint density at radius 2 is 1.73 bits per heavy atom. The molecule has 0 amide bonds. The van der Waals surface area contributed by atoms with Crippen molar-refractivity contribution in [3.05, 3.63) is 42.6 Å². The van der Waals surface area contributed by atoms with Gasteiger partial charge in [0, 0.05) is 15.5 Å². The number of pyridine rings is 1. The molecule has 0 aliphatic carbocycles. The van der Waals surface area contributed by atoms with Gasteiger partial charge >= 0.3 is 0 Å². The van der Waals surface area contributed by atoms with Gasteiger partial charge in [-0.1, -0.05) is 18.2 Å². The molecule has 0 saturated heterocycles. The van der Waals surface area contributed by atoms with Crippen LogP contribution in [0.5, 0.6) is 11.5 Å². The van der Waals surface area contributed by atoms with Crippen LogP contribution in [0.4, 0.5) is 0 Å². The Hall–Kier alpha value is -2.33. The number of fused-ring (bicyclic) bond motifs is 5. The molecule has 4 heteroatoms. The Bertz CT molecular complexity index is 1020. The molecule has 0 bridgehead atoms. The first-order chi connectivity index (χ1) is 10.7. The molecule has 4 rings (SSSR count). The van der Waals surface area contributed by atoms with Crippen molar-refractivity contribution >= 4 is 42.4 Å². The summed E-state index contributed by atoms with van der Waals surface area (Å²) in [7, 11) is 5.41. The minimum absolute atomic E-state index is 0.754. The summed E-state index contributed by atoms with van der Waals surface area (Å²) in [6, 6.07) is 12.6. The van der Waals surface area contributed by atoms with E-state index in [1.54, 1.807) is 14.2 Å². The highest BCUT2D eigenvalue weighted by Crippen LogP contribution is 2.41. The second-order valence-electron chi connectivity index (χ2n) is 5.27. The number of nitrogens with zero attached hydrogens (tertiary/aromatic N) is 1. The summed E-state index contributed by atoms with van der Waals surface area (Å²) in [4.78, 5) is 0. The number of ether oxygens (including phenoxy) is 2. The molecule has 0 saturated carbocycles. The number of aromatic nitrogens is 1. The average Bonchev–Trinajstić information content (AvgIpc) is 2.91. The van der Waals surface area contributed by atoms with Gasteiger partial charge < -0.3 is 9.47 Å². The van der Waals surface area contributed by atoms with Crippen molar-refractivity contribution in [3.8, 4) is 11.5 Å². The summed E-state index contributed by atoms with van der Waals surface area (Å²) in [6.45, 7) is 0. The Morgan fingerprint density at radius 3 is 2.50 bits per heavy atom. The number of methoxy groups -OCH3 is 2. The van der Waals surface area contributed by atoms with Crippen LogP contribution in [-0.4, -0.2) is 14.2 Å². The van der Waals surface area contributed by atoms with E-state index < -0.39 is 0 Å². The highest BCUT2D eigenvalue weighted by molar-refractivity contribution is 7.26. The largest absolute Gasteiger partial charge is 0.493 e. The van der Waals surface area contributed by atoms with E-state index in [2.05, 4.69) is 41.1 Å². The quantitative estimate of drug-likeness (QED) is 0.521. The Morgan fingerprint density at radius 1 is 0.909 bits per heavy atom. The van der Waals surface area contributed by atoms with E-state index in [0.717, 1.165) is 17.0 Å². The van der Waals surface area contributed by atoms with E-state index in [4.69, 9.17) is 9.47 Å². The van der Waals surface area contributed by atoms with Crippen molar-refractivity contribution < 1.29 is 14.0 Å². The predicted octanol–water partition coefficient (Wildman–Crippen LogP) is 4.05. The zero-order valence-corrected chi connectivity index (χ0v) is 13.5. The first kappa shape index (κ1) is 13.3. The third-order valence-corrected chi connectivity index (χ3v) is 5.18. The highest BCUT2D eigenvalue weighted by Gasteiger charge is 2.22. The number of hydrogen-bond donors (Lipinski definition) is 0. The van der Waals surface area contributed by atoms with Crippen LogP contribution in [0.3, 0.4) is 0 Å². The zero-order valence-electron chi connectivity index (χ0n) is 12.7. The summed E-state index contributed by atoms with van der Waals surface area (Å²) >= 11 is 1.82. The lowest BCUT2D eigenvalue weighted by atomic mass is 10.1. The predicted molar refractivity (Wildman–Crippen MR) is 91.1 cm³/mol. The molecule has 2 aromatic carbocycles. The van der Waals surface area contributed by atoms with Crippen molar-refractivity contribution in [2.24, 2.45) is 7.05 Å². The molecule has 22 heavy (non-hydrogen) atoms. The van der Waals surface area contributed by atoms with Gasteiger partial charge in [-0.2, -0.15) is 4.57 Å². The van der Waals surface area contributed by atoms with Crippen LogP contribution in [0.2, 0.25) is 0 Å². The molecule has 0 N–H and O–H groups in total. The molecule has 0 aliphatic heterocycles. The highest BCUT2D eigenvalue weighted by atomic mass is 32.1. The third-order valence-electron chi connectivity index (χ3n) is 4.08. The van der Waals surface area contributed by atoms with Gasteiger partial charge in [0.15, 0.2) is 11.9 Å². The summed E-state index contributed by atoms with van der Waals surface area (Å²) in [5.74, 6) is 1.53. The molecule has 0 spiro atoms. The normalized spacial score (nSPS) is 11.4. The average molecular weight is 310 g/mol. The van der Waals surface area contributed by atoms with E-state index >= 15 is 0 Å². The lowest BCUT2D eigenvalue weighted by molar-refractivity contribution is -0.643. The molecule has 0 aliphatic rings. The molecular weight excluding hydrogens is 294 g/mol. The van der Waals surface area contributed by atoms with E-state index in [-0.39, 0.29) is 0 Å². The molecule has 3 nitrogen and oxygen atoms in total. The number of rotatable bonds is 2. The summed E-state index contributed by atoms with van der Waals surface area (Å²) < 4.78 is 15.8. The van der Waals surface area contributed by atoms with Crippen LogP contribution >= 0.6 is 11.3 Å². The molecule has 4 aromatic rings. The molecule has 0 radical (unpaired) electrons. The van der Waals surface area contributed by atoms with Gasteiger partial charge in [0.25, 0.3) is 5.52 Å². The van der Waals surface area contributed by atoms with Crippen molar-refractivity contribution in [2.45, 2.75) is 0 Å². The standard InChI is InChI=1S/C18H16NO2S/c1-19-10-15-16(11-6-4-5-7-14(11)22-15)12-8-9-13(20-2)18(21-3)17(12)19/h4-10H,1-3H3/q+1. The summed E-state index contributed by atoms with van der Waals surface area (Å²) in [5.41, 5.74) is 1.05. The molecule has 2 heterocycles. The van der Waals surface area contributed by atoms with Crippen LogP contribution in [0, 0.1) is 0 Å². The number of thiophene rings is 1. The van der Waals surface area contributed by atoms with E-state index in [9.17, 15) is 0 Å². The first-order valence-electron chi connectivity index (χ1n) is 7.09. The molecule has 110 valence electrons. The van der Waals surface area contributed by atoms with Crippen molar-refractivity contribution in [1.82, 2.24) is 0 Å². The second-order valence-corrected chi connectivity index (χ2v) is 6.36. The smallest absolute Gasteiger partial charge is 0.259 e. The zero-order chi connectivity index (χ0) is 15.3.